The summed E-state index contributed by atoms with van der Waals surface area (Å²) < 4.78 is 17.1. The Morgan fingerprint density at radius 3 is 2.61 bits per heavy atom. The molecule has 2 unspecified atom stereocenters. The number of rotatable bonds is 6. The van der Waals surface area contributed by atoms with Crippen LogP contribution in [0, 0.1) is 5.92 Å². The first-order chi connectivity index (χ1) is 14.7. The molecule has 1 aliphatic heterocycles. The zero-order valence-electron chi connectivity index (χ0n) is 16.6. The Kier molecular flexibility index (Phi) is 7.69. The van der Waals surface area contributed by atoms with E-state index in [0.29, 0.717) is 36.8 Å². The van der Waals surface area contributed by atoms with Crippen molar-refractivity contribution in [1.29, 1.82) is 0 Å². The topological polar surface area (TPSA) is 68.8 Å². The summed E-state index contributed by atoms with van der Waals surface area (Å²) in [7, 11) is 2.86. The molecule has 6 nitrogen and oxygen atoms in total. The molecule has 0 saturated carbocycles. The van der Waals surface area contributed by atoms with E-state index in [1.54, 1.807) is 30.3 Å². The lowest BCUT2D eigenvalue weighted by Gasteiger charge is -2.35. The maximum atomic E-state index is 12.4. The molecule has 0 aliphatic carbocycles. The lowest BCUT2D eigenvalue weighted by molar-refractivity contribution is -0.145. The van der Waals surface area contributed by atoms with Gasteiger partial charge in [-0.1, -0.05) is 51.8 Å². The molecule has 2 aromatic rings. The number of esters is 1. The zero-order chi connectivity index (χ0) is 22.7. The molecule has 1 heterocycles. The number of thiocarbonyl (C=S) groups is 1. The average Bonchev–Trinajstić information content (AvgIpc) is 2.72. The molecule has 0 amide bonds. The molecule has 0 aromatic heterocycles. The van der Waals surface area contributed by atoms with Crippen LogP contribution in [0.5, 0.6) is 11.5 Å². The summed E-state index contributed by atoms with van der Waals surface area (Å²) in [5, 5.41) is 7.41. The molecular formula is C21H19BrCl2N2O4S. The number of benzene rings is 2. The summed E-state index contributed by atoms with van der Waals surface area (Å²) in [5.41, 5.74) is 1.96. The molecule has 2 atom stereocenters. The molecule has 10 heteroatoms. The molecule has 1 saturated heterocycles. The van der Waals surface area contributed by atoms with Crippen molar-refractivity contribution in [2.24, 2.45) is 5.92 Å². The van der Waals surface area contributed by atoms with Crippen molar-refractivity contribution >= 4 is 62.4 Å². The van der Waals surface area contributed by atoms with Crippen molar-refractivity contribution in [2.75, 3.05) is 14.2 Å². The van der Waals surface area contributed by atoms with E-state index in [1.807, 2.05) is 0 Å². The number of hydrogen-bond acceptors (Lipinski definition) is 5. The van der Waals surface area contributed by atoms with Gasteiger partial charge >= 0.3 is 5.97 Å². The lowest BCUT2D eigenvalue weighted by atomic mass is 9.89. The van der Waals surface area contributed by atoms with Crippen molar-refractivity contribution in [2.45, 2.75) is 12.6 Å². The van der Waals surface area contributed by atoms with Crippen LogP contribution in [0.3, 0.4) is 0 Å². The van der Waals surface area contributed by atoms with Crippen LogP contribution in [0.25, 0.3) is 0 Å². The van der Waals surface area contributed by atoms with Crippen LogP contribution in [0.2, 0.25) is 10.0 Å². The van der Waals surface area contributed by atoms with Crippen LogP contribution in [-0.4, -0.2) is 25.3 Å². The Morgan fingerprint density at radius 1 is 1.23 bits per heavy atom. The molecule has 0 radical (unpaired) electrons. The molecule has 2 aromatic carbocycles. The van der Waals surface area contributed by atoms with Crippen LogP contribution >= 0.6 is 51.3 Å². The molecular weight excluding hydrogens is 527 g/mol. The number of hydrogen-bond donors (Lipinski definition) is 2. The van der Waals surface area contributed by atoms with Gasteiger partial charge in [0.25, 0.3) is 0 Å². The fraction of sp³-hybridized carbons (Fsp3) is 0.238. The van der Waals surface area contributed by atoms with Crippen LogP contribution in [-0.2, 0) is 16.1 Å². The van der Waals surface area contributed by atoms with E-state index in [4.69, 9.17) is 49.6 Å². The van der Waals surface area contributed by atoms with Gasteiger partial charge in [0.15, 0.2) is 16.6 Å². The highest BCUT2D eigenvalue weighted by Crippen LogP contribution is 2.41. The van der Waals surface area contributed by atoms with Gasteiger partial charge in [0.1, 0.15) is 12.5 Å². The third-order valence-electron chi connectivity index (χ3n) is 4.74. The van der Waals surface area contributed by atoms with Gasteiger partial charge in [-0.2, -0.15) is 0 Å². The van der Waals surface area contributed by atoms with E-state index >= 15 is 0 Å². The molecule has 0 spiro atoms. The first-order valence-electron chi connectivity index (χ1n) is 9.03. The first-order valence-corrected chi connectivity index (χ1v) is 11.0. The molecule has 0 bridgehead atoms. The van der Waals surface area contributed by atoms with Gasteiger partial charge in [-0.05, 0) is 42.0 Å². The molecule has 3 rings (SSSR count). The van der Waals surface area contributed by atoms with Crippen molar-refractivity contribution in [3.8, 4) is 11.5 Å². The Labute approximate surface area is 204 Å². The SMILES string of the molecule is C=C1NC(=S)NC(c2cc(OC)c(OCc3ccc(Cl)cc3Cl)cc2Br)C1C(=O)OC. The van der Waals surface area contributed by atoms with Crippen molar-refractivity contribution in [3.63, 3.8) is 0 Å². The van der Waals surface area contributed by atoms with Crippen LogP contribution < -0.4 is 20.1 Å². The number of carbonyl (C=O) groups excluding carboxylic acids is 1. The molecule has 1 aliphatic rings. The van der Waals surface area contributed by atoms with Crippen LogP contribution in [0.15, 0.2) is 47.1 Å². The minimum Gasteiger partial charge on any atom is -0.493 e. The summed E-state index contributed by atoms with van der Waals surface area (Å²) in [4.78, 5) is 12.4. The summed E-state index contributed by atoms with van der Waals surface area (Å²) >= 11 is 21.0. The number of carbonyl (C=O) groups is 1. The highest BCUT2D eigenvalue weighted by molar-refractivity contribution is 9.10. The molecule has 31 heavy (non-hydrogen) atoms. The monoisotopic (exact) mass is 544 g/mol. The summed E-state index contributed by atoms with van der Waals surface area (Å²) in [6, 6.07) is 8.22. The summed E-state index contributed by atoms with van der Waals surface area (Å²) in [6.07, 6.45) is 0. The van der Waals surface area contributed by atoms with Gasteiger partial charge in [-0.3, -0.25) is 4.79 Å². The largest absolute Gasteiger partial charge is 0.493 e. The van der Waals surface area contributed by atoms with E-state index in [9.17, 15) is 4.79 Å². The predicted molar refractivity (Wildman–Crippen MR) is 128 cm³/mol. The van der Waals surface area contributed by atoms with E-state index in [-0.39, 0.29) is 6.61 Å². The summed E-state index contributed by atoms with van der Waals surface area (Å²) in [6.45, 7) is 4.14. The van der Waals surface area contributed by atoms with Crippen molar-refractivity contribution in [1.82, 2.24) is 10.6 Å². The highest BCUT2D eigenvalue weighted by atomic mass is 79.9. The molecule has 2 N–H and O–H groups in total. The van der Waals surface area contributed by atoms with E-state index in [1.165, 1.54) is 14.2 Å². The quantitative estimate of drug-likeness (QED) is 0.383. The maximum Gasteiger partial charge on any atom is 0.317 e. The normalized spacial score (nSPS) is 18.1. The second kappa shape index (κ2) is 10.1. The fourth-order valence-electron chi connectivity index (χ4n) is 3.20. The zero-order valence-corrected chi connectivity index (χ0v) is 20.5. The number of methoxy groups -OCH3 is 2. The number of ether oxygens (including phenoxy) is 3. The van der Waals surface area contributed by atoms with Gasteiger partial charge in [-0.25, -0.2) is 0 Å². The third kappa shape index (κ3) is 5.26. The minimum absolute atomic E-state index is 0.218. The van der Waals surface area contributed by atoms with Gasteiger partial charge in [-0.15, -0.1) is 0 Å². The lowest BCUT2D eigenvalue weighted by Crippen LogP contribution is -2.50. The molecule has 164 valence electrons. The first kappa shape index (κ1) is 23.7. The van der Waals surface area contributed by atoms with Gasteiger partial charge in [0.05, 0.1) is 20.3 Å². The van der Waals surface area contributed by atoms with Gasteiger partial charge in [0.2, 0.25) is 0 Å². The Balaban J connectivity index is 1.93. The van der Waals surface area contributed by atoms with E-state index in [2.05, 4.69) is 33.1 Å². The van der Waals surface area contributed by atoms with Gasteiger partial charge < -0.3 is 24.8 Å². The number of halogens is 3. The van der Waals surface area contributed by atoms with Crippen LogP contribution in [0.4, 0.5) is 0 Å². The molecule has 1 fully saturated rings. The van der Waals surface area contributed by atoms with E-state index in [0.717, 1.165) is 11.1 Å². The second-order valence-electron chi connectivity index (χ2n) is 6.65. The van der Waals surface area contributed by atoms with Crippen LogP contribution in [0.1, 0.15) is 17.2 Å². The smallest absolute Gasteiger partial charge is 0.317 e. The Bertz CT molecular complexity index is 1050. The van der Waals surface area contributed by atoms with Crippen molar-refractivity contribution in [3.05, 3.63) is 68.3 Å². The Morgan fingerprint density at radius 2 is 1.97 bits per heavy atom. The standard InChI is InChI=1S/C21H19BrCl2N2O4S/c1-10-18(20(27)29-3)19(26-21(31)25-10)13-7-16(28-2)17(8-14(13)22)30-9-11-4-5-12(23)6-15(11)24/h4-8,18-19H,1,9H2,2-3H3,(H2,25,26,31). The minimum atomic E-state index is -0.697. The van der Waals surface area contributed by atoms with Gasteiger partial charge in [0, 0.05) is 25.8 Å². The average molecular weight is 546 g/mol. The maximum absolute atomic E-state index is 12.4. The Hall–Kier alpha value is -2.00. The summed E-state index contributed by atoms with van der Waals surface area (Å²) in [5.74, 6) is -0.170. The second-order valence-corrected chi connectivity index (χ2v) is 8.76. The van der Waals surface area contributed by atoms with E-state index < -0.39 is 17.9 Å². The third-order valence-corrected chi connectivity index (χ3v) is 6.23. The fourth-order valence-corrected chi connectivity index (χ4v) is 4.49. The highest BCUT2D eigenvalue weighted by Gasteiger charge is 2.38. The number of nitrogens with one attached hydrogen (secondary N) is 2. The predicted octanol–water partition coefficient (Wildman–Crippen LogP) is 5.17. The van der Waals surface area contributed by atoms with Crippen molar-refractivity contribution < 1.29 is 19.0 Å².